The molecule has 0 fully saturated rings. The first-order valence-electron chi connectivity index (χ1n) is 7.65. The fourth-order valence-corrected chi connectivity index (χ4v) is 2.64. The number of alkyl halides is 2. The van der Waals surface area contributed by atoms with Crippen LogP contribution in [0.1, 0.15) is 31.0 Å². The van der Waals surface area contributed by atoms with Crippen molar-refractivity contribution >= 4 is 17.0 Å². The highest BCUT2D eigenvalue weighted by Crippen LogP contribution is 2.28. The van der Waals surface area contributed by atoms with Crippen molar-refractivity contribution in [2.75, 3.05) is 0 Å². The van der Waals surface area contributed by atoms with E-state index in [4.69, 9.17) is 4.74 Å². The molecule has 0 saturated heterocycles. The Hall–Kier alpha value is -2.83. The number of aromatic nitrogens is 2. The summed E-state index contributed by atoms with van der Waals surface area (Å²) in [6.45, 7) is -1.37. The number of hydrogen-bond acceptors (Lipinski definition) is 3. The van der Waals surface area contributed by atoms with E-state index < -0.39 is 24.4 Å². The molecule has 0 saturated carbocycles. The van der Waals surface area contributed by atoms with Gasteiger partial charge >= 0.3 is 12.5 Å². The summed E-state index contributed by atoms with van der Waals surface area (Å²) in [6.07, 6.45) is -1.29. The lowest BCUT2D eigenvalue weighted by atomic mass is 10.1. The molecule has 1 unspecified atom stereocenters. The van der Waals surface area contributed by atoms with Crippen LogP contribution in [0.25, 0.3) is 11.0 Å². The molecule has 1 atom stereocenters. The maximum atomic E-state index is 13.6. The van der Waals surface area contributed by atoms with E-state index in [2.05, 4.69) is 4.98 Å². The van der Waals surface area contributed by atoms with Crippen LogP contribution in [0.4, 0.5) is 13.2 Å². The number of fused-ring (bicyclic) bond motifs is 1. The molecular formula is C18H15F3N2O2. The first-order valence-corrected chi connectivity index (χ1v) is 7.65. The summed E-state index contributed by atoms with van der Waals surface area (Å²) in [4.78, 5) is 16.2. The van der Waals surface area contributed by atoms with Crippen LogP contribution in [0.3, 0.4) is 0 Å². The normalized spacial score (nSPS) is 12.5. The van der Waals surface area contributed by atoms with Gasteiger partial charge in [0.15, 0.2) is 11.9 Å². The van der Waals surface area contributed by atoms with Gasteiger partial charge in [0.05, 0.1) is 17.5 Å². The van der Waals surface area contributed by atoms with Gasteiger partial charge in [0, 0.05) is 0 Å². The number of hydrogen-bond donors (Lipinski definition) is 0. The van der Waals surface area contributed by atoms with E-state index in [1.54, 1.807) is 24.3 Å². The Bertz CT molecular complexity index is 908. The lowest BCUT2D eigenvalue weighted by molar-refractivity contribution is -0.148. The first kappa shape index (κ1) is 17.0. The highest BCUT2D eigenvalue weighted by molar-refractivity contribution is 5.76. The Morgan fingerprint density at radius 3 is 2.56 bits per heavy atom. The third-order valence-corrected chi connectivity index (χ3v) is 3.78. The van der Waals surface area contributed by atoms with Gasteiger partial charge in [-0.1, -0.05) is 30.3 Å². The summed E-state index contributed by atoms with van der Waals surface area (Å²) in [5.41, 5.74) is 0.821. The third-order valence-electron chi connectivity index (χ3n) is 3.78. The van der Waals surface area contributed by atoms with Gasteiger partial charge in [-0.2, -0.15) is 8.78 Å². The van der Waals surface area contributed by atoms with Crippen molar-refractivity contribution in [1.29, 1.82) is 0 Å². The van der Waals surface area contributed by atoms with Gasteiger partial charge in [0.2, 0.25) is 0 Å². The average molecular weight is 348 g/mol. The summed E-state index contributed by atoms with van der Waals surface area (Å²) in [7, 11) is 0. The van der Waals surface area contributed by atoms with Crippen LogP contribution in [0.15, 0.2) is 48.5 Å². The van der Waals surface area contributed by atoms with Gasteiger partial charge < -0.3 is 4.74 Å². The monoisotopic (exact) mass is 348 g/mol. The largest absolute Gasteiger partial charge is 0.454 e. The SMILES string of the molecule is CC(OC(=O)Cc1ccccc1F)c1nc2ccccc2n1C(F)F. The standard InChI is InChI=1S/C18H15F3N2O2/c1-11(25-16(24)10-12-6-2-3-7-13(12)19)17-22-14-8-4-5-9-15(14)23(17)18(20)21/h2-9,11,18H,10H2,1H3. The lowest BCUT2D eigenvalue weighted by Crippen LogP contribution is -2.16. The van der Waals surface area contributed by atoms with Crippen molar-refractivity contribution in [3.05, 3.63) is 65.7 Å². The highest BCUT2D eigenvalue weighted by atomic mass is 19.3. The molecule has 0 radical (unpaired) electrons. The van der Waals surface area contributed by atoms with Crippen LogP contribution in [0, 0.1) is 5.82 Å². The molecule has 130 valence electrons. The molecular weight excluding hydrogens is 333 g/mol. The Balaban J connectivity index is 1.82. The zero-order valence-electron chi connectivity index (χ0n) is 13.3. The van der Waals surface area contributed by atoms with Gasteiger partial charge in [0.1, 0.15) is 5.82 Å². The van der Waals surface area contributed by atoms with E-state index >= 15 is 0 Å². The van der Waals surface area contributed by atoms with E-state index in [9.17, 15) is 18.0 Å². The number of benzene rings is 2. The predicted octanol–water partition coefficient (Wildman–Crippen LogP) is 4.42. The Morgan fingerprint density at radius 1 is 1.16 bits per heavy atom. The summed E-state index contributed by atoms with van der Waals surface area (Å²) >= 11 is 0. The number of carbonyl (C=O) groups excluding carboxylic acids is 1. The molecule has 0 aliphatic rings. The topological polar surface area (TPSA) is 44.1 Å². The number of esters is 1. The number of ether oxygens (including phenoxy) is 1. The second-order valence-electron chi connectivity index (χ2n) is 5.51. The van der Waals surface area contributed by atoms with Crippen LogP contribution in [-0.2, 0) is 16.0 Å². The summed E-state index contributed by atoms with van der Waals surface area (Å²) in [5, 5.41) is 0. The molecule has 1 heterocycles. The van der Waals surface area contributed by atoms with E-state index in [1.165, 1.54) is 31.2 Å². The molecule has 7 heteroatoms. The van der Waals surface area contributed by atoms with Crippen LogP contribution in [-0.4, -0.2) is 15.5 Å². The maximum Gasteiger partial charge on any atom is 0.320 e. The van der Waals surface area contributed by atoms with E-state index in [-0.39, 0.29) is 23.3 Å². The van der Waals surface area contributed by atoms with Gasteiger partial charge in [-0.05, 0) is 30.7 Å². The minimum Gasteiger partial charge on any atom is -0.454 e. The molecule has 2 aromatic carbocycles. The molecule has 3 rings (SSSR count). The average Bonchev–Trinajstić information content (AvgIpc) is 2.96. The minimum atomic E-state index is -2.82. The molecule has 3 aromatic rings. The van der Waals surface area contributed by atoms with Crippen molar-refractivity contribution in [2.45, 2.75) is 26.0 Å². The smallest absolute Gasteiger partial charge is 0.320 e. The van der Waals surface area contributed by atoms with E-state index in [1.807, 2.05) is 0 Å². The fourth-order valence-electron chi connectivity index (χ4n) is 2.64. The second kappa shape index (κ2) is 6.96. The molecule has 4 nitrogen and oxygen atoms in total. The molecule has 0 spiro atoms. The lowest BCUT2D eigenvalue weighted by Gasteiger charge is -2.15. The molecule has 0 bridgehead atoms. The Labute approximate surface area is 141 Å². The van der Waals surface area contributed by atoms with E-state index in [0.29, 0.717) is 5.52 Å². The number of imidazole rings is 1. The Kier molecular flexibility index (Phi) is 4.74. The van der Waals surface area contributed by atoms with Crippen molar-refractivity contribution in [2.24, 2.45) is 0 Å². The van der Waals surface area contributed by atoms with Crippen LogP contribution < -0.4 is 0 Å². The number of rotatable bonds is 5. The quantitative estimate of drug-likeness (QED) is 0.641. The van der Waals surface area contributed by atoms with Gasteiger partial charge in [-0.15, -0.1) is 0 Å². The number of nitrogens with zero attached hydrogens (tertiary/aromatic N) is 2. The van der Waals surface area contributed by atoms with Crippen molar-refractivity contribution in [1.82, 2.24) is 9.55 Å². The molecule has 25 heavy (non-hydrogen) atoms. The van der Waals surface area contributed by atoms with Crippen LogP contribution in [0.2, 0.25) is 0 Å². The maximum absolute atomic E-state index is 13.6. The summed E-state index contributed by atoms with van der Waals surface area (Å²) in [5.74, 6) is -1.30. The van der Waals surface area contributed by atoms with Gasteiger partial charge in [0.25, 0.3) is 0 Å². The van der Waals surface area contributed by atoms with Crippen LogP contribution >= 0.6 is 0 Å². The Morgan fingerprint density at radius 2 is 1.84 bits per heavy atom. The van der Waals surface area contributed by atoms with Crippen molar-refractivity contribution in [3.63, 3.8) is 0 Å². The van der Waals surface area contributed by atoms with E-state index in [0.717, 1.165) is 4.57 Å². The summed E-state index contributed by atoms with van der Waals surface area (Å²) in [6, 6.07) is 12.3. The summed E-state index contributed by atoms with van der Waals surface area (Å²) < 4.78 is 46.4. The zero-order valence-corrected chi connectivity index (χ0v) is 13.3. The van der Waals surface area contributed by atoms with Crippen LogP contribution in [0.5, 0.6) is 0 Å². The second-order valence-corrected chi connectivity index (χ2v) is 5.51. The third kappa shape index (κ3) is 3.50. The molecule has 0 aliphatic carbocycles. The van der Waals surface area contributed by atoms with Crippen molar-refractivity contribution in [3.8, 4) is 0 Å². The zero-order chi connectivity index (χ0) is 18.0. The number of halogens is 3. The minimum absolute atomic E-state index is 0.0573. The number of carbonyl (C=O) groups is 1. The van der Waals surface area contributed by atoms with Crippen molar-refractivity contribution < 1.29 is 22.7 Å². The molecule has 0 aliphatic heterocycles. The molecule has 1 aromatic heterocycles. The highest BCUT2D eigenvalue weighted by Gasteiger charge is 2.24. The molecule has 0 amide bonds. The predicted molar refractivity (Wildman–Crippen MR) is 85.6 cm³/mol. The fraction of sp³-hybridized carbons (Fsp3) is 0.222. The first-order chi connectivity index (χ1) is 12.0. The number of para-hydroxylation sites is 2. The molecule has 0 N–H and O–H groups in total. The van der Waals surface area contributed by atoms with Gasteiger partial charge in [-0.25, -0.2) is 9.37 Å². The van der Waals surface area contributed by atoms with Gasteiger partial charge in [-0.3, -0.25) is 9.36 Å².